The summed E-state index contributed by atoms with van der Waals surface area (Å²) in [7, 11) is 1.24. The molecule has 0 N–H and O–H groups in total. The van der Waals surface area contributed by atoms with Crippen LogP contribution < -0.4 is 19.8 Å². The van der Waals surface area contributed by atoms with Crippen molar-refractivity contribution < 1.29 is 54.5 Å². The van der Waals surface area contributed by atoms with Crippen LogP contribution in [0.3, 0.4) is 0 Å². The van der Waals surface area contributed by atoms with E-state index >= 15 is 0 Å². The van der Waals surface area contributed by atoms with Crippen LogP contribution in [0, 0.1) is 5.92 Å². The molecule has 3 unspecified atom stereocenters. The van der Waals surface area contributed by atoms with Crippen molar-refractivity contribution in [2.75, 3.05) is 7.11 Å². The number of carbonyl (C=O) groups is 1. The van der Waals surface area contributed by atoms with E-state index in [0.717, 1.165) is 6.07 Å². The molecule has 0 radical (unpaired) electrons. The first-order valence-corrected chi connectivity index (χ1v) is 11.8. The number of fused-ring (bicyclic) bond motifs is 1. The lowest BCUT2D eigenvalue weighted by Gasteiger charge is -2.27. The van der Waals surface area contributed by atoms with Crippen molar-refractivity contribution >= 4 is 16.9 Å². The Morgan fingerprint density at radius 3 is 2.25 bits per heavy atom. The van der Waals surface area contributed by atoms with Gasteiger partial charge in [0.2, 0.25) is 0 Å². The average molecular weight is 572 g/mol. The molecule has 1 aliphatic rings. The number of ether oxygens (including phenoxy) is 4. The molecular weight excluding hydrogens is 550 g/mol. The van der Waals surface area contributed by atoms with Gasteiger partial charge in [0, 0.05) is 28.7 Å². The Morgan fingerprint density at radius 1 is 0.950 bits per heavy atom. The summed E-state index contributed by atoms with van der Waals surface area (Å²) in [5.74, 6) is -3.75. The number of methoxy groups -OCH3 is 1. The number of hydrogen-bond donors (Lipinski definition) is 0. The molecule has 1 fully saturated rings. The predicted molar refractivity (Wildman–Crippen MR) is 129 cm³/mol. The fraction of sp³-hybridized carbons (Fsp3) is 0.333. The fourth-order valence-corrected chi connectivity index (χ4v) is 4.44. The fourth-order valence-electron chi connectivity index (χ4n) is 4.44. The van der Waals surface area contributed by atoms with Crippen LogP contribution in [0.25, 0.3) is 22.1 Å². The Balaban J connectivity index is 1.64. The summed E-state index contributed by atoms with van der Waals surface area (Å²) in [6.07, 6.45) is -12.8. The minimum Gasteiger partial charge on any atom is -0.497 e. The Labute approximate surface area is 222 Å². The molecule has 0 aliphatic heterocycles. The topological polar surface area (TPSA) is 84.2 Å². The molecule has 1 saturated carbocycles. The zero-order valence-electron chi connectivity index (χ0n) is 21.0. The molecule has 7 nitrogen and oxygen atoms in total. The number of benzene rings is 2. The third kappa shape index (κ3) is 6.35. The third-order valence-electron chi connectivity index (χ3n) is 6.22. The summed E-state index contributed by atoms with van der Waals surface area (Å²) < 4.78 is 105. The number of hydrogen-bond acceptors (Lipinski definition) is 7. The molecular formula is C27H22F6O7. The minimum atomic E-state index is -5.05. The van der Waals surface area contributed by atoms with Crippen molar-refractivity contribution in [3.05, 3.63) is 65.0 Å². The van der Waals surface area contributed by atoms with Crippen LogP contribution in [0.4, 0.5) is 26.3 Å². The second kappa shape index (κ2) is 10.8. The molecule has 3 atom stereocenters. The first-order valence-electron chi connectivity index (χ1n) is 11.8. The average Bonchev–Trinajstić information content (AvgIpc) is 3.25. The summed E-state index contributed by atoms with van der Waals surface area (Å²) in [6, 6.07) is 8.65. The van der Waals surface area contributed by atoms with Gasteiger partial charge in [-0.3, -0.25) is 0 Å². The second-order valence-electron chi connectivity index (χ2n) is 9.08. The van der Waals surface area contributed by atoms with E-state index in [0.29, 0.717) is 0 Å². The van der Waals surface area contributed by atoms with Crippen molar-refractivity contribution in [1.29, 1.82) is 0 Å². The van der Waals surface area contributed by atoms with E-state index in [1.807, 2.05) is 0 Å². The van der Waals surface area contributed by atoms with Gasteiger partial charge in [-0.2, -0.15) is 13.2 Å². The number of halogens is 6. The zero-order chi connectivity index (χ0) is 29.4. The van der Waals surface area contributed by atoms with Crippen molar-refractivity contribution in [2.24, 2.45) is 5.92 Å². The van der Waals surface area contributed by atoms with Gasteiger partial charge >= 0.3 is 24.1 Å². The van der Waals surface area contributed by atoms with E-state index in [1.165, 1.54) is 50.4 Å². The smallest absolute Gasteiger partial charge is 0.497 e. The van der Waals surface area contributed by atoms with Crippen LogP contribution in [0.15, 0.2) is 63.8 Å². The van der Waals surface area contributed by atoms with Gasteiger partial charge in [-0.1, -0.05) is 6.58 Å². The van der Waals surface area contributed by atoms with Gasteiger partial charge in [-0.05, 0) is 50.1 Å². The van der Waals surface area contributed by atoms with Gasteiger partial charge in [0.05, 0.1) is 12.7 Å². The van der Waals surface area contributed by atoms with Crippen LogP contribution >= 0.6 is 0 Å². The van der Waals surface area contributed by atoms with Crippen molar-refractivity contribution in [3.63, 3.8) is 0 Å². The molecule has 13 heteroatoms. The summed E-state index contributed by atoms with van der Waals surface area (Å²) >= 11 is 0. The Hall–Kier alpha value is -4.16. The highest BCUT2D eigenvalue weighted by molar-refractivity contribution is 5.87. The second-order valence-corrected chi connectivity index (χ2v) is 9.08. The maximum atomic E-state index is 13.9. The Bertz CT molecular complexity index is 1490. The van der Waals surface area contributed by atoms with Gasteiger partial charge in [-0.25, -0.2) is 9.59 Å². The highest BCUT2D eigenvalue weighted by Gasteiger charge is 2.55. The van der Waals surface area contributed by atoms with E-state index in [4.69, 9.17) is 18.6 Å². The first kappa shape index (κ1) is 28.8. The van der Waals surface area contributed by atoms with Crippen molar-refractivity contribution in [1.82, 2.24) is 0 Å². The molecule has 0 amide bonds. The van der Waals surface area contributed by atoms with Crippen LogP contribution in [0.2, 0.25) is 0 Å². The van der Waals surface area contributed by atoms with Gasteiger partial charge < -0.3 is 23.4 Å². The number of carbonyl (C=O) groups excluding carboxylic acids is 1. The SMILES string of the molecule is C=C(C)C(=O)OC1CCC(Oc2ccc3cc(-c4ccc(OC)cc4OC(F)(F)F)c(=O)oc3c2)C1C(F)(F)F. The van der Waals surface area contributed by atoms with Crippen LogP contribution in [-0.2, 0) is 9.53 Å². The molecule has 2 aromatic carbocycles. The van der Waals surface area contributed by atoms with Crippen molar-refractivity contribution in [3.8, 4) is 28.4 Å². The van der Waals surface area contributed by atoms with Gasteiger partial charge in [0.15, 0.2) is 0 Å². The number of esters is 1. The highest BCUT2D eigenvalue weighted by atomic mass is 19.4. The lowest BCUT2D eigenvalue weighted by Crippen LogP contribution is -2.41. The summed E-state index contributed by atoms with van der Waals surface area (Å²) in [4.78, 5) is 24.6. The monoisotopic (exact) mass is 572 g/mol. The summed E-state index contributed by atoms with van der Waals surface area (Å²) in [5.41, 5.74) is -1.62. The first-order chi connectivity index (χ1) is 18.7. The van der Waals surface area contributed by atoms with Crippen LogP contribution in [-0.4, -0.2) is 37.8 Å². The molecule has 1 heterocycles. The molecule has 4 rings (SSSR count). The van der Waals surface area contributed by atoms with E-state index < -0.39 is 48.0 Å². The lowest BCUT2D eigenvalue weighted by molar-refractivity contribution is -0.274. The molecule has 0 saturated heterocycles. The van der Waals surface area contributed by atoms with Crippen LogP contribution in [0.1, 0.15) is 19.8 Å². The third-order valence-corrected chi connectivity index (χ3v) is 6.22. The zero-order valence-corrected chi connectivity index (χ0v) is 21.0. The number of rotatable bonds is 7. The van der Waals surface area contributed by atoms with Gasteiger partial charge in [0.1, 0.15) is 41.0 Å². The molecule has 1 aliphatic carbocycles. The lowest BCUT2D eigenvalue weighted by atomic mass is 10.0. The van der Waals surface area contributed by atoms with E-state index in [9.17, 15) is 35.9 Å². The highest BCUT2D eigenvalue weighted by Crippen LogP contribution is 2.43. The van der Waals surface area contributed by atoms with Gasteiger partial charge in [0.25, 0.3) is 0 Å². The van der Waals surface area contributed by atoms with Gasteiger partial charge in [-0.15, -0.1) is 13.2 Å². The van der Waals surface area contributed by atoms with E-state index in [2.05, 4.69) is 11.3 Å². The maximum Gasteiger partial charge on any atom is 0.573 e. The predicted octanol–water partition coefficient (Wildman–Crippen LogP) is 6.57. The molecule has 3 aromatic rings. The molecule has 1 aromatic heterocycles. The molecule has 40 heavy (non-hydrogen) atoms. The van der Waals surface area contributed by atoms with E-state index in [1.54, 1.807) is 0 Å². The largest absolute Gasteiger partial charge is 0.573 e. The Kier molecular flexibility index (Phi) is 7.77. The minimum absolute atomic E-state index is 0.0408. The van der Waals surface area contributed by atoms with E-state index in [-0.39, 0.29) is 52.0 Å². The van der Waals surface area contributed by atoms with Crippen molar-refractivity contribution in [2.45, 2.75) is 44.5 Å². The normalized spacial score (nSPS) is 19.4. The molecule has 214 valence electrons. The molecule has 0 bridgehead atoms. The summed E-state index contributed by atoms with van der Waals surface area (Å²) in [6.45, 7) is 4.70. The molecule has 0 spiro atoms. The number of alkyl halides is 6. The standard InChI is InChI=1S/C27H22F6O7/c1-13(2)24(34)38-20-9-8-19(23(20)26(28,29)30)37-16-5-4-14-10-18(25(35)39-21(14)12-16)17-7-6-15(36-3)11-22(17)40-27(31,32)33/h4-7,10-12,19-20,23H,1,8-9H2,2-3H3. The van der Waals surface area contributed by atoms with Crippen LogP contribution in [0.5, 0.6) is 17.2 Å². The maximum absolute atomic E-state index is 13.9. The quantitative estimate of drug-likeness (QED) is 0.137. The summed E-state index contributed by atoms with van der Waals surface area (Å²) in [5, 5.41) is 0.253. The Morgan fingerprint density at radius 2 is 1.62 bits per heavy atom.